The van der Waals surface area contributed by atoms with Crippen molar-refractivity contribution in [1.82, 2.24) is 0 Å². The first-order chi connectivity index (χ1) is 7.44. The van der Waals surface area contributed by atoms with Crippen LogP contribution in [0.4, 0.5) is 0 Å². The third-order valence-corrected chi connectivity index (χ3v) is 2.23. The van der Waals surface area contributed by atoms with Gasteiger partial charge in [-0.05, 0) is 30.4 Å². The molecule has 1 aromatic carbocycles. The normalized spacial score (nSPS) is 11.2. The van der Waals surface area contributed by atoms with Gasteiger partial charge in [-0.3, -0.25) is 0 Å². The zero-order chi connectivity index (χ0) is 12.2. The first-order valence-corrected chi connectivity index (χ1v) is 5.69. The highest BCUT2D eigenvalue weighted by Gasteiger charge is 2.17. The molecule has 0 saturated carbocycles. The molecule has 1 rings (SSSR count). The van der Waals surface area contributed by atoms with Gasteiger partial charge in [0.25, 0.3) is 0 Å². The van der Waals surface area contributed by atoms with E-state index in [-0.39, 0.29) is 11.4 Å². The lowest BCUT2D eigenvalue weighted by molar-refractivity contribution is 0.0524. The molecule has 0 spiro atoms. The summed E-state index contributed by atoms with van der Waals surface area (Å²) < 4.78 is 5.04. The first kappa shape index (κ1) is 12.8. The Bertz CT molecular complexity index is 361. The van der Waals surface area contributed by atoms with Gasteiger partial charge in [-0.2, -0.15) is 0 Å². The zero-order valence-electron chi connectivity index (χ0n) is 10.5. The van der Waals surface area contributed by atoms with Crippen molar-refractivity contribution in [3.8, 4) is 0 Å². The lowest BCUT2D eigenvalue weighted by Gasteiger charge is -2.19. The maximum absolute atomic E-state index is 11.7. The molecule has 0 atom stereocenters. The molecule has 2 nitrogen and oxygen atoms in total. The molecule has 0 N–H and O–H groups in total. The van der Waals surface area contributed by atoms with Crippen LogP contribution in [0, 0.1) is 5.41 Å². The Labute approximate surface area is 97.6 Å². The minimum atomic E-state index is -0.220. The van der Waals surface area contributed by atoms with E-state index in [4.69, 9.17) is 4.74 Å². The number of hydrogen-bond acceptors (Lipinski definition) is 2. The molecule has 0 saturated heterocycles. The van der Waals surface area contributed by atoms with Gasteiger partial charge in [-0.25, -0.2) is 4.79 Å². The van der Waals surface area contributed by atoms with E-state index in [0.717, 1.165) is 12.0 Å². The Morgan fingerprint density at radius 3 is 2.44 bits per heavy atom. The van der Waals surface area contributed by atoms with Gasteiger partial charge in [-0.15, -0.1) is 0 Å². The average molecular weight is 220 g/mol. The van der Waals surface area contributed by atoms with Gasteiger partial charge in [0.05, 0.1) is 12.2 Å². The summed E-state index contributed by atoms with van der Waals surface area (Å²) in [5.74, 6) is -0.220. The average Bonchev–Trinajstić information content (AvgIpc) is 2.16. The third kappa shape index (κ3) is 3.69. The Morgan fingerprint density at radius 2 is 1.88 bits per heavy atom. The summed E-state index contributed by atoms with van der Waals surface area (Å²) in [6.07, 6.45) is 0.877. The van der Waals surface area contributed by atoms with E-state index >= 15 is 0 Å². The molecule has 0 heterocycles. The summed E-state index contributed by atoms with van der Waals surface area (Å²) in [7, 11) is 0. The second-order valence-electron chi connectivity index (χ2n) is 5.12. The zero-order valence-corrected chi connectivity index (χ0v) is 10.5. The highest BCUT2D eigenvalue weighted by Crippen LogP contribution is 2.23. The predicted octanol–water partition coefficient (Wildman–Crippen LogP) is 3.45. The van der Waals surface area contributed by atoms with Crippen molar-refractivity contribution in [2.24, 2.45) is 5.41 Å². The summed E-state index contributed by atoms with van der Waals surface area (Å²) >= 11 is 0. The number of benzene rings is 1. The Hall–Kier alpha value is -1.31. The van der Waals surface area contributed by atoms with E-state index in [1.165, 1.54) is 0 Å². The molecular weight excluding hydrogens is 200 g/mol. The molecule has 16 heavy (non-hydrogen) atoms. The minimum absolute atomic E-state index is 0.169. The summed E-state index contributed by atoms with van der Waals surface area (Å²) in [5.41, 5.74) is 1.93. The van der Waals surface area contributed by atoms with Gasteiger partial charge in [0.2, 0.25) is 0 Å². The van der Waals surface area contributed by atoms with Crippen molar-refractivity contribution in [1.29, 1.82) is 0 Å². The van der Waals surface area contributed by atoms with E-state index in [1.807, 2.05) is 31.2 Å². The van der Waals surface area contributed by atoms with E-state index in [1.54, 1.807) is 0 Å². The van der Waals surface area contributed by atoms with E-state index in [0.29, 0.717) is 12.2 Å². The number of carbonyl (C=O) groups excluding carboxylic acids is 1. The van der Waals surface area contributed by atoms with Crippen molar-refractivity contribution in [2.45, 2.75) is 34.1 Å². The summed E-state index contributed by atoms with van der Waals surface area (Å²) in [4.78, 5) is 11.7. The number of rotatable bonds is 3. The fraction of sp³-hybridized carbons (Fsp3) is 0.500. The number of hydrogen-bond donors (Lipinski definition) is 0. The summed E-state index contributed by atoms with van der Waals surface area (Å²) in [5, 5.41) is 0. The molecule has 88 valence electrons. The SMILES string of the molecule is CCOC(=O)c1ccccc1CC(C)(C)C. The van der Waals surface area contributed by atoms with Crippen LogP contribution in [0.1, 0.15) is 43.6 Å². The first-order valence-electron chi connectivity index (χ1n) is 5.69. The topological polar surface area (TPSA) is 26.3 Å². The quantitative estimate of drug-likeness (QED) is 0.729. The molecule has 0 aliphatic heterocycles. The lowest BCUT2D eigenvalue weighted by atomic mass is 9.86. The molecule has 0 bridgehead atoms. The molecule has 2 heteroatoms. The van der Waals surface area contributed by atoms with Crippen molar-refractivity contribution in [3.63, 3.8) is 0 Å². The molecule has 0 fully saturated rings. The highest BCUT2D eigenvalue weighted by atomic mass is 16.5. The fourth-order valence-electron chi connectivity index (χ4n) is 1.65. The largest absolute Gasteiger partial charge is 0.462 e. The predicted molar refractivity (Wildman–Crippen MR) is 65.6 cm³/mol. The number of esters is 1. The maximum atomic E-state index is 11.7. The monoisotopic (exact) mass is 220 g/mol. The van der Waals surface area contributed by atoms with Crippen LogP contribution >= 0.6 is 0 Å². The van der Waals surface area contributed by atoms with Gasteiger partial charge in [0.1, 0.15) is 0 Å². The minimum Gasteiger partial charge on any atom is -0.462 e. The smallest absolute Gasteiger partial charge is 0.338 e. The Balaban J connectivity index is 2.96. The molecule has 0 aliphatic rings. The molecule has 0 amide bonds. The van der Waals surface area contributed by atoms with Crippen LogP contribution in [0.3, 0.4) is 0 Å². The molecule has 0 radical (unpaired) electrons. The van der Waals surface area contributed by atoms with Crippen molar-refractivity contribution in [2.75, 3.05) is 6.61 Å². The summed E-state index contributed by atoms with van der Waals surface area (Å²) in [6, 6.07) is 7.67. The van der Waals surface area contributed by atoms with Gasteiger partial charge in [-0.1, -0.05) is 39.0 Å². The molecule has 0 aliphatic carbocycles. The van der Waals surface area contributed by atoms with Gasteiger partial charge in [0, 0.05) is 0 Å². The lowest BCUT2D eigenvalue weighted by Crippen LogP contribution is -2.14. The van der Waals surface area contributed by atoms with Crippen molar-refractivity contribution >= 4 is 5.97 Å². The van der Waals surface area contributed by atoms with Crippen LogP contribution in [0.5, 0.6) is 0 Å². The molecule has 1 aromatic rings. The number of carbonyl (C=O) groups is 1. The summed E-state index contributed by atoms with van der Waals surface area (Å²) in [6.45, 7) is 8.73. The van der Waals surface area contributed by atoms with Crippen LogP contribution < -0.4 is 0 Å². The molecule has 0 aromatic heterocycles. The van der Waals surface area contributed by atoms with Crippen LogP contribution in [0.15, 0.2) is 24.3 Å². The van der Waals surface area contributed by atoms with Gasteiger partial charge < -0.3 is 4.74 Å². The van der Waals surface area contributed by atoms with E-state index in [9.17, 15) is 4.79 Å². The second kappa shape index (κ2) is 5.15. The van der Waals surface area contributed by atoms with Crippen LogP contribution in [0.2, 0.25) is 0 Å². The maximum Gasteiger partial charge on any atom is 0.338 e. The van der Waals surface area contributed by atoms with Crippen molar-refractivity contribution < 1.29 is 9.53 Å². The molecular formula is C14H20O2. The fourth-order valence-corrected chi connectivity index (χ4v) is 1.65. The van der Waals surface area contributed by atoms with Crippen LogP contribution in [-0.4, -0.2) is 12.6 Å². The molecule has 0 unspecified atom stereocenters. The van der Waals surface area contributed by atoms with E-state index in [2.05, 4.69) is 20.8 Å². The Morgan fingerprint density at radius 1 is 1.25 bits per heavy atom. The van der Waals surface area contributed by atoms with Crippen LogP contribution in [-0.2, 0) is 11.2 Å². The third-order valence-electron chi connectivity index (χ3n) is 2.23. The van der Waals surface area contributed by atoms with Crippen LogP contribution in [0.25, 0.3) is 0 Å². The number of ether oxygens (including phenoxy) is 1. The highest BCUT2D eigenvalue weighted by molar-refractivity contribution is 5.91. The van der Waals surface area contributed by atoms with Gasteiger partial charge >= 0.3 is 5.97 Å². The second-order valence-corrected chi connectivity index (χ2v) is 5.12. The van der Waals surface area contributed by atoms with Crippen molar-refractivity contribution in [3.05, 3.63) is 35.4 Å². The Kier molecular flexibility index (Phi) is 4.11. The van der Waals surface area contributed by atoms with E-state index < -0.39 is 0 Å². The standard InChI is InChI=1S/C14H20O2/c1-5-16-13(15)12-9-7-6-8-11(12)10-14(2,3)4/h6-9H,5,10H2,1-4H3. The van der Waals surface area contributed by atoms with Gasteiger partial charge in [0.15, 0.2) is 0 Å².